The van der Waals surface area contributed by atoms with Gasteiger partial charge in [0.25, 0.3) is 0 Å². The van der Waals surface area contributed by atoms with E-state index in [2.05, 4.69) is 4.99 Å². The van der Waals surface area contributed by atoms with Crippen LogP contribution in [0.25, 0.3) is 0 Å². The van der Waals surface area contributed by atoms with Crippen LogP contribution in [0.15, 0.2) is 23.2 Å². The SMILES string of the molecule is O=C=NC1(c2cc(C(F)(F)F)ccc2Cl)CC1. The van der Waals surface area contributed by atoms with Crippen molar-refractivity contribution in [2.45, 2.75) is 24.6 Å². The molecule has 90 valence electrons. The molecule has 0 aliphatic heterocycles. The van der Waals surface area contributed by atoms with Crippen LogP contribution in [-0.4, -0.2) is 6.08 Å². The number of alkyl halides is 3. The number of isocyanates is 1. The molecule has 0 atom stereocenters. The fourth-order valence-electron chi connectivity index (χ4n) is 1.71. The van der Waals surface area contributed by atoms with Gasteiger partial charge < -0.3 is 0 Å². The number of carbonyl (C=O) groups excluding carboxylic acids is 1. The molecule has 0 radical (unpaired) electrons. The Balaban J connectivity index is 2.51. The van der Waals surface area contributed by atoms with Gasteiger partial charge in [-0.25, -0.2) is 4.79 Å². The van der Waals surface area contributed by atoms with Gasteiger partial charge in [-0.1, -0.05) is 11.6 Å². The van der Waals surface area contributed by atoms with Gasteiger partial charge in [-0.05, 0) is 36.6 Å². The molecule has 2 nitrogen and oxygen atoms in total. The monoisotopic (exact) mass is 261 g/mol. The summed E-state index contributed by atoms with van der Waals surface area (Å²) in [4.78, 5) is 13.8. The molecule has 0 aromatic heterocycles. The molecule has 1 aromatic carbocycles. The molecule has 0 saturated heterocycles. The molecule has 1 fully saturated rings. The molecular formula is C11H7ClF3NO. The number of aliphatic imine (C=N–C) groups is 1. The Bertz CT molecular complexity index is 502. The molecule has 2 rings (SSSR count). The fraction of sp³-hybridized carbons (Fsp3) is 0.364. The van der Waals surface area contributed by atoms with Crippen LogP contribution < -0.4 is 0 Å². The molecule has 0 bridgehead atoms. The molecule has 17 heavy (non-hydrogen) atoms. The van der Waals surface area contributed by atoms with Crippen LogP contribution in [0, 0.1) is 0 Å². The summed E-state index contributed by atoms with van der Waals surface area (Å²) in [6, 6.07) is 3.04. The van der Waals surface area contributed by atoms with Gasteiger partial charge in [0, 0.05) is 5.02 Å². The third kappa shape index (κ3) is 2.21. The van der Waals surface area contributed by atoms with Crippen molar-refractivity contribution in [3.05, 3.63) is 34.3 Å². The fourth-order valence-corrected chi connectivity index (χ4v) is 2.00. The second kappa shape index (κ2) is 3.86. The summed E-state index contributed by atoms with van der Waals surface area (Å²) in [6.45, 7) is 0. The molecule has 0 unspecified atom stereocenters. The van der Waals surface area contributed by atoms with E-state index in [0.29, 0.717) is 12.8 Å². The molecule has 6 heteroatoms. The Morgan fingerprint density at radius 2 is 2.00 bits per heavy atom. The lowest BCUT2D eigenvalue weighted by atomic mass is 10.0. The molecule has 0 spiro atoms. The highest BCUT2D eigenvalue weighted by Crippen LogP contribution is 2.52. The molecule has 0 N–H and O–H groups in total. The minimum Gasteiger partial charge on any atom is -0.211 e. The molecular weight excluding hydrogens is 255 g/mol. The topological polar surface area (TPSA) is 29.4 Å². The molecule has 1 aliphatic carbocycles. The lowest BCUT2D eigenvalue weighted by Crippen LogP contribution is -2.09. The van der Waals surface area contributed by atoms with Gasteiger partial charge in [-0.3, -0.25) is 0 Å². The van der Waals surface area contributed by atoms with E-state index >= 15 is 0 Å². The molecule has 1 aromatic rings. The summed E-state index contributed by atoms with van der Waals surface area (Å²) in [5, 5.41) is 0.189. The van der Waals surface area contributed by atoms with E-state index in [0.717, 1.165) is 12.1 Å². The Labute approximate surface area is 100 Å². The highest BCUT2D eigenvalue weighted by molar-refractivity contribution is 6.31. The average Bonchev–Trinajstić information content (AvgIpc) is 2.98. The minimum atomic E-state index is -4.43. The summed E-state index contributed by atoms with van der Waals surface area (Å²) < 4.78 is 37.6. The van der Waals surface area contributed by atoms with Crippen LogP contribution >= 0.6 is 11.6 Å². The van der Waals surface area contributed by atoms with E-state index in [-0.39, 0.29) is 10.6 Å². The predicted molar refractivity (Wildman–Crippen MR) is 55.5 cm³/mol. The normalized spacial score (nSPS) is 17.4. The van der Waals surface area contributed by atoms with Crippen LogP contribution in [0.5, 0.6) is 0 Å². The van der Waals surface area contributed by atoms with E-state index in [1.165, 1.54) is 12.1 Å². The Kier molecular flexibility index (Phi) is 2.76. The van der Waals surface area contributed by atoms with Crippen molar-refractivity contribution in [3.8, 4) is 0 Å². The van der Waals surface area contributed by atoms with E-state index in [4.69, 9.17) is 11.6 Å². The van der Waals surface area contributed by atoms with Gasteiger partial charge in [0.15, 0.2) is 0 Å². The van der Waals surface area contributed by atoms with Crippen LogP contribution in [0.1, 0.15) is 24.0 Å². The van der Waals surface area contributed by atoms with Crippen molar-refractivity contribution in [2.75, 3.05) is 0 Å². The van der Waals surface area contributed by atoms with Crippen molar-refractivity contribution in [3.63, 3.8) is 0 Å². The quantitative estimate of drug-likeness (QED) is 0.590. The van der Waals surface area contributed by atoms with Crippen LogP contribution in [0.4, 0.5) is 13.2 Å². The first-order valence-corrected chi connectivity index (χ1v) is 5.23. The first-order valence-electron chi connectivity index (χ1n) is 4.85. The largest absolute Gasteiger partial charge is 0.416 e. The van der Waals surface area contributed by atoms with E-state index in [9.17, 15) is 18.0 Å². The van der Waals surface area contributed by atoms with Crippen molar-refractivity contribution in [2.24, 2.45) is 4.99 Å². The zero-order valence-electron chi connectivity index (χ0n) is 8.51. The zero-order valence-corrected chi connectivity index (χ0v) is 9.27. The number of nitrogens with zero attached hydrogens (tertiary/aromatic N) is 1. The number of benzene rings is 1. The van der Waals surface area contributed by atoms with Gasteiger partial charge in [0.1, 0.15) is 0 Å². The zero-order chi connectivity index (χ0) is 12.7. The standard InChI is InChI=1S/C11H7ClF3NO/c12-9-2-1-7(11(13,14)15)5-8(9)10(3-4-10)16-6-17/h1-2,5H,3-4H2. The highest BCUT2D eigenvalue weighted by Gasteiger charge is 2.47. The maximum atomic E-state index is 12.5. The summed E-state index contributed by atoms with van der Waals surface area (Å²) in [6.07, 6.45) is -2.01. The third-order valence-electron chi connectivity index (χ3n) is 2.78. The Morgan fingerprint density at radius 3 is 2.47 bits per heavy atom. The van der Waals surface area contributed by atoms with Crippen LogP contribution in [0.2, 0.25) is 5.02 Å². The average molecular weight is 262 g/mol. The minimum absolute atomic E-state index is 0.189. The lowest BCUT2D eigenvalue weighted by Gasteiger charge is -2.14. The summed E-state index contributed by atoms with van der Waals surface area (Å²) in [5.41, 5.74) is -1.43. The summed E-state index contributed by atoms with van der Waals surface area (Å²) in [7, 11) is 0. The van der Waals surface area contributed by atoms with E-state index in [1.807, 2.05) is 0 Å². The molecule has 1 aliphatic rings. The smallest absolute Gasteiger partial charge is 0.211 e. The lowest BCUT2D eigenvalue weighted by molar-refractivity contribution is -0.137. The number of halogens is 4. The summed E-state index contributed by atoms with van der Waals surface area (Å²) >= 11 is 5.85. The number of hydrogen-bond acceptors (Lipinski definition) is 2. The maximum absolute atomic E-state index is 12.5. The van der Waals surface area contributed by atoms with Gasteiger partial charge in [0.2, 0.25) is 6.08 Å². The van der Waals surface area contributed by atoms with E-state index in [1.54, 1.807) is 0 Å². The second-order valence-corrected chi connectivity index (χ2v) is 4.33. The molecule has 0 heterocycles. The van der Waals surface area contributed by atoms with E-state index < -0.39 is 17.3 Å². The van der Waals surface area contributed by atoms with Crippen molar-refractivity contribution < 1.29 is 18.0 Å². The van der Waals surface area contributed by atoms with Gasteiger partial charge in [-0.15, -0.1) is 0 Å². The molecule has 0 amide bonds. The molecule has 1 saturated carbocycles. The highest BCUT2D eigenvalue weighted by atomic mass is 35.5. The van der Waals surface area contributed by atoms with Gasteiger partial charge >= 0.3 is 6.18 Å². The second-order valence-electron chi connectivity index (χ2n) is 3.93. The van der Waals surface area contributed by atoms with Gasteiger partial charge in [0.05, 0.1) is 11.1 Å². The van der Waals surface area contributed by atoms with Crippen LogP contribution in [0.3, 0.4) is 0 Å². The van der Waals surface area contributed by atoms with Crippen molar-refractivity contribution >= 4 is 17.7 Å². The Morgan fingerprint density at radius 1 is 1.35 bits per heavy atom. The first kappa shape index (κ1) is 12.1. The third-order valence-corrected chi connectivity index (χ3v) is 3.11. The maximum Gasteiger partial charge on any atom is 0.416 e. The van der Waals surface area contributed by atoms with Gasteiger partial charge in [-0.2, -0.15) is 18.2 Å². The summed E-state index contributed by atoms with van der Waals surface area (Å²) in [5.74, 6) is 0. The van der Waals surface area contributed by atoms with Crippen molar-refractivity contribution in [1.82, 2.24) is 0 Å². The predicted octanol–water partition coefficient (Wildman–Crippen LogP) is 3.68. The number of rotatable bonds is 2. The van der Waals surface area contributed by atoms with Crippen molar-refractivity contribution in [1.29, 1.82) is 0 Å². The Hall–Kier alpha value is -1.32. The number of hydrogen-bond donors (Lipinski definition) is 0. The first-order chi connectivity index (χ1) is 7.89. The van der Waals surface area contributed by atoms with Crippen LogP contribution in [-0.2, 0) is 16.5 Å².